The summed E-state index contributed by atoms with van der Waals surface area (Å²) in [5.41, 5.74) is 6.86. The molecule has 0 bridgehead atoms. The summed E-state index contributed by atoms with van der Waals surface area (Å²) in [6.07, 6.45) is 4.05. The van der Waals surface area contributed by atoms with Crippen molar-refractivity contribution < 1.29 is 9.53 Å². The van der Waals surface area contributed by atoms with Gasteiger partial charge in [-0.3, -0.25) is 4.79 Å². The van der Waals surface area contributed by atoms with E-state index in [0.717, 1.165) is 35.0 Å². The highest BCUT2D eigenvalue weighted by molar-refractivity contribution is 9.10. The lowest BCUT2D eigenvalue weighted by Gasteiger charge is -2.37. The quantitative estimate of drug-likeness (QED) is 0.909. The lowest BCUT2D eigenvalue weighted by Crippen LogP contribution is -2.48. The number of Topliss-reactive ketones (excluding diaryl/α,β-unsaturated/α-hetero) is 1. The molecule has 4 heteroatoms. The predicted octanol–water partition coefficient (Wildman–Crippen LogP) is 2.84. The number of hydrogen-bond acceptors (Lipinski definition) is 3. The molecule has 18 heavy (non-hydrogen) atoms. The Labute approximate surface area is 116 Å². The molecule has 0 unspecified atom stereocenters. The molecule has 98 valence electrons. The first kappa shape index (κ1) is 13.6. The van der Waals surface area contributed by atoms with Crippen LogP contribution < -0.4 is 10.5 Å². The Balaban J connectivity index is 1.96. The maximum absolute atomic E-state index is 12.0. The van der Waals surface area contributed by atoms with Crippen molar-refractivity contribution >= 4 is 21.7 Å². The van der Waals surface area contributed by atoms with Crippen LogP contribution in [0.25, 0.3) is 0 Å². The molecular formula is C14H18BrNO2. The summed E-state index contributed by atoms with van der Waals surface area (Å²) in [5, 5.41) is 0. The summed E-state index contributed by atoms with van der Waals surface area (Å²) >= 11 is 3.42. The normalized spacial score (nSPS) is 17.1. The van der Waals surface area contributed by atoms with E-state index >= 15 is 0 Å². The summed E-state index contributed by atoms with van der Waals surface area (Å²) in [4.78, 5) is 12.0. The average Bonchev–Trinajstić information content (AvgIpc) is 2.27. The molecule has 2 N–H and O–H groups in total. The average molecular weight is 312 g/mol. The van der Waals surface area contributed by atoms with Gasteiger partial charge in [-0.2, -0.15) is 0 Å². The lowest BCUT2D eigenvalue weighted by atomic mass is 9.74. The van der Waals surface area contributed by atoms with Gasteiger partial charge in [0, 0.05) is 18.4 Å². The van der Waals surface area contributed by atoms with Gasteiger partial charge < -0.3 is 10.5 Å². The maximum atomic E-state index is 12.0. The van der Waals surface area contributed by atoms with Crippen LogP contribution in [0.4, 0.5) is 0 Å². The summed E-state index contributed by atoms with van der Waals surface area (Å²) in [6.45, 7) is 0. The Morgan fingerprint density at radius 3 is 2.72 bits per heavy atom. The van der Waals surface area contributed by atoms with E-state index in [1.165, 1.54) is 0 Å². The number of carbonyl (C=O) groups excluding carboxylic acids is 1. The van der Waals surface area contributed by atoms with Crippen LogP contribution >= 0.6 is 15.9 Å². The van der Waals surface area contributed by atoms with Gasteiger partial charge in [0.05, 0.1) is 11.6 Å². The second kappa shape index (κ2) is 5.41. The molecule has 0 radical (unpaired) electrons. The zero-order chi connectivity index (χ0) is 13.2. The van der Waals surface area contributed by atoms with E-state index in [-0.39, 0.29) is 11.3 Å². The van der Waals surface area contributed by atoms with Crippen molar-refractivity contribution in [1.29, 1.82) is 0 Å². The fourth-order valence-corrected chi connectivity index (χ4v) is 2.90. The maximum Gasteiger partial charge on any atom is 0.139 e. The van der Waals surface area contributed by atoms with Crippen LogP contribution in [0.1, 0.15) is 31.2 Å². The molecule has 2 rings (SSSR count). The zero-order valence-corrected chi connectivity index (χ0v) is 12.1. The van der Waals surface area contributed by atoms with Crippen LogP contribution in [0, 0.1) is 0 Å². The van der Waals surface area contributed by atoms with E-state index in [2.05, 4.69) is 15.9 Å². The van der Waals surface area contributed by atoms with Crippen LogP contribution in [0.5, 0.6) is 5.75 Å². The minimum Gasteiger partial charge on any atom is -0.496 e. The van der Waals surface area contributed by atoms with Gasteiger partial charge in [-0.05, 0) is 52.9 Å². The molecule has 0 aromatic heterocycles. The summed E-state index contributed by atoms with van der Waals surface area (Å²) in [7, 11) is 1.62. The molecule has 0 amide bonds. The van der Waals surface area contributed by atoms with Crippen molar-refractivity contribution in [2.45, 2.75) is 37.6 Å². The Morgan fingerprint density at radius 1 is 1.50 bits per heavy atom. The van der Waals surface area contributed by atoms with Gasteiger partial charge in [0.1, 0.15) is 11.5 Å². The van der Waals surface area contributed by atoms with Crippen LogP contribution in [-0.4, -0.2) is 18.4 Å². The number of halogens is 1. The minimum atomic E-state index is -0.221. The number of ether oxygens (including phenoxy) is 1. The largest absolute Gasteiger partial charge is 0.496 e. The molecule has 1 aliphatic carbocycles. The van der Waals surface area contributed by atoms with E-state index in [4.69, 9.17) is 10.5 Å². The fraction of sp³-hybridized carbons (Fsp3) is 0.500. The summed E-state index contributed by atoms with van der Waals surface area (Å²) in [6, 6.07) is 5.72. The lowest BCUT2D eigenvalue weighted by molar-refractivity contribution is -0.120. The molecule has 1 fully saturated rings. The van der Waals surface area contributed by atoms with E-state index in [0.29, 0.717) is 12.8 Å². The Kier molecular flexibility index (Phi) is 4.07. The van der Waals surface area contributed by atoms with E-state index in [9.17, 15) is 4.79 Å². The molecule has 0 spiro atoms. The SMILES string of the molecule is COc1ccc(CC(=O)CC2(N)CCC2)cc1Br. The third kappa shape index (κ3) is 3.12. The second-order valence-electron chi connectivity index (χ2n) is 5.08. The van der Waals surface area contributed by atoms with Crippen molar-refractivity contribution in [3.8, 4) is 5.75 Å². The molecule has 1 aromatic rings. The van der Waals surface area contributed by atoms with Gasteiger partial charge in [0.2, 0.25) is 0 Å². The smallest absolute Gasteiger partial charge is 0.139 e. The number of hydrogen-bond donors (Lipinski definition) is 1. The van der Waals surface area contributed by atoms with Crippen LogP contribution in [0.3, 0.4) is 0 Å². The van der Waals surface area contributed by atoms with Gasteiger partial charge in [-0.25, -0.2) is 0 Å². The van der Waals surface area contributed by atoms with E-state index in [1.807, 2.05) is 18.2 Å². The first-order valence-electron chi connectivity index (χ1n) is 6.15. The van der Waals surface area contributed by atoms with E-state index < -0.39 is 0 Å². The number of carbonyl (C=O) groups is 1. The second-order valence-corrected chi connectivity index (χ2v) is 5.93. The fourth-order valence-electron chi connectivity index (χ4n) is 2.31. The molecule has 0 heterocycles. The highest BCUT2D eigenvalue weighted by atomic mass is 79.9. The highest BCUT2D eigenvalue weighted by Gasteiger charge is 2.34. The standard InChI is InChI=1S/C14H18BrNO2/c1-18-13-4-3-10(8-12(13)15)7-11(17)9-14(16)5-2-6-14/h3-4,8H,2,5-7,9,16H2,1H3. The molecule has 1 aliphatic rings. The topological polar surface area (TPSA) is 52.3 Å². The Bertz CT molecular complexity index is 455. The van der Waals surface area contributed by atoms with Gasteiger partial charge in [0.15, 0.2) is 0 Å². The summed E-state index contributed by atoms with van der Waals surface area (Å²) < 4.78 is 6.04. The molecule has 0 saturated heterocycles. The van der Waals surface area contributed by atoms with Crippen molar-refractivity contribution in [3.63, 3.8) is 0 Å². The van der Waals surface area contributed by atoms with Gasteiger partial charge >= 0.3 is 0 Å². The number of methoxy groups -OCH3 is 1. The third-order valence-electron chi connectivity index (χ3n) is 3.52. The molecule has 0 aliphatic heterocycles. The highest BCUT2D eigenvalue weighted by Crippen LogP contribution is 2.33. The number of rotatable bonds is 5. The van der Waals surface area contributed by atoms with Gasteiger partial charge in [-0.1, -0.05) is 6.07 Å². The van der Waals surface area contributed by atoms with Crippen molar-refractivity contribution in [2.75, 3.05) is 7.11 Å². The van der Waals surface area contributed by atoms with E-state index in [1.54, 1.807) is 7.11 Å². The number of nitrogens with two attached hydrogens (primary N) is 1. The zero-order valence-electron chi connectivity index (χ0n) is 10.5. The Morgan fingerprint density at radius 2 is 2.22 bits per heavy atom. The van der Waals surface area contributed by atoms with Crippen molar-refractivity contribution in [1.82, 2.24) is 0 Å². The molecular weight excluding hydrogens is 294 g/mol. The third-order valence-corrected chi connectivity index (χ3v) is 4.14. The van der Waals surface area contributed by atoms with Gasteiger partial charge in [-0.15, -0.1) is 0 Å². The van der Waals surface area contributed by atoms with Crippen LogP contribution in [0.15, 0.2) is 22.7 Å². The monoisotopic (exact) mass is 311 g/mol. The Hall–Kier alpha value is -0.870. The first-order chi connectivity index (χ1) is 8.52. The van der Waals surface area contributed by atoms with Crippen LogP contribution in [0.2, 0.25) is 0 Å². The molecule has 1 saturated carbocycles. The first-order valence-corrected chi connectivity index (χ1v) is 6.95. The minimum absolute atomic E-state index is 0.217. The van der Waals surface area contributed by atoms with Crippen molar-refractivity contribution in [3.05, 3.63) is 28.2 Å². The van der Waals surface area contributed by atoms with Crippen LogP contribution in [-0.2, 0) is 11.2 Å². The molecule has 0 atom stereocenters. The molecule has 3 nitrogen and oxygen atoms in total. The van der Waals surface area contributed by atoms with Gasteiger partial charge in [0.25, 0.3) is 0 Å². The number of ketones is 1. The predicted molar refractivity (Wildman–Crippen MR) is 74.8 cm³/mol. The summed E-state index contributed by atoms with van der Waals surface area (Å²) in [5.74, 6) is 0.995. The van der Waals surface area contributed by atoms with Crippen molar-refractivity contribution in [2.24, 2.45) is 5.73 Å². The molecule has 1 aromatic carbocycles. The number of benzene rings is 1.